The van der Waals surface area contributed by atoms with Crippen molar-refractivity contribution in [3.05, 3.63) is 34.3 Å². The molecule has 0 radical (unpaired) electrons. The molecule has 0 aliphatic rings. The number of hydrogen-bond acceptors (Lipinski definition) is 2. The molecule has 80 valence electrons. The van der Waals surface area contributed by atoms with Crippen molar-refractivity contribution in [2.24, 2.45) is 0 Å². The molecule has 0 saturated heterocycles. The van der Waals surface area contributed by atoms with Crippen LogP contribution in [-0.4, -0.2) is 11.2 Å². The molecule has 1 aromatic rings. The minimum absolute atomic E-state index is 0.324. The van der Waals surface area contributed by atoms with Crippen molar-refractivity contribution in [3.8, 4) is 6.07 Å². The Morgan fingerprint density at radius 3 is 2.53 bits per heavy atom. The molecule has 0 heterocycles. The highest BCUT2D eigenvalue weighted by molar-refractivity contribution is 6.31. The normalized spacial score (nSPS) is 13.3. The first-order valence-corrected chi connectivity index (χ1v) is 4.18. The fourth-order valence-corrected chi connectivity index (χ4v) is 1.34. The average Bonchev–Trinajstić information content (AvgIpc) is 2.15. The van der Waals surface area contributed by atoms with Gasteiger partial charge in [-0.15, -0.1) is 0 Å². The van der Waals surface area contributed by atoms with Crippen molar-refractivity contribution in [1.29, 1.82) is 5.26 Å². The Kier molecular flexibility index (Phi) is 3.22. The van der Waals surface area contributed by atoms with Crippen molar-refractivity contribution < 1.29 is 18.3 Å². The average molecular weight is 236 g/mol. The second-order valence-corrected chi connectivity index (χ2v) is 3.17. The van der Waals surface area contributed by atoms with Crippen LogP contribution in [0, 0.1) is 11.3 Å². The lowest BCUT2D eigenvalue weighted by Gasteiger charge is -2.16. The summed E-state index contributed by atoms with van der Waals surface area (Å²) in [6.45, 7) is 0. The second-order valence-electron chi connectivity index (χ2n) is 2.76. The van der Waals surface area contributed by atoms with Gasteiger partial charge in [-0.3, -0.25) is 0 Å². The smallest absolute Gasteiger partial charge is 0.334 e. The van der Waals surface area contributed by atoms with Gasteiger partial charge in [0, 0.05) is 10.6 Å². The maximum absolute atomic E-state index is 13.1. The molecule has 2 nitrogen and oxygen atoms in total. The third kappa shape index (κ3) is 2.41. The first-order valence-electron chi connectivity index (χ1n) is 3.80. The Morgan fingerprint density at radius 1 is 1.47 bits per heavy atom. The van der Waals surface area contributed by atoms with E-state index in [0.717, 1.165) is 12.1 Å². The van der Waals surface area contributed by atoms with Crippen LogP contribution in [0.5, 0.6) is 0 Å². The molecule has 15 heavy (non-hydrogen) atoms. The minimum Gasteiger partial charge on any atom is -0.334 e. The summed E-state index contributed by atoms with van der Waals surface area (Å²) >= 11 is 5.47. The monoisotopic (exact) mass is 235 g/mol. The van der Waals surface area contributed by atoms with Gasteiger partial charge in [-0.1, -0.05) is 17.7 Å². The van der Waals surface area contributed by atoms with Crippen molar-refractivity contribution in [2.45, 2.75) is 12.3 Å². The van der Waals surface area contributed by atoms with Crippen LogP contribution in [0.25, 0.3) is 0 Å². The SMILES string of the molecule is N#Cc1cccc(Cl)c1C(F)C(O)(F)F. The van der Waals surface area contributed by atoms with Gasteiger partial charge in [0.2, 0.25) is 6.17 Å². The molecule has 0 aliphatic carbocycles. The zero-order valence-electron chi connectivity index (χ0n) is 7.22. The molecule has 0 saturated carbocycles. The van der Waals surface area contributed by atoms with Gasteiger partial charge in [-0.2, -0.15) is 14.0 Å². The van der Waals surface area contributed by atoms with E-state index in [0.29, 0.717) is 0 Å². The molecule has 1 unspecified atom stereocenters. The molecule has 0 bridgehead atoms. The van der Waals surface area contributed by atoms with Gasteiger partial charge < -0.3 is 5.11 Å². The van der Waals surface area contributed by atoms with E-state index >= 15 is 0 Å². The van der Waals surface area contributed by atoms with Crippen LogP contribution in [0.3, 0.4) is 0 Å². The van der Waals surface area contributed by atoms with E-state index in [-0.39, 0.29) is 10.6 Å². The molecule has 0 aliphatic heterocycles. The fraction of sp³-hybridized carbons (Fsp3) is 0.222. The van der Waals surface area contributed by atoms with Gasteiger partial charge in [0.15, 0.2) is 0 Å². The Hall–Kier alpha value is -1.25. The topological polar surface area (TPSA) is 44.0 Å². The van der Waals surface area contributed by atoms with E-state index in [4.69, 9.17) is 22.0 Å². The van der Waals surface area contributed by atoms with E-state index in [1.54, 1.807) is 0 Å². The first kappa shape index (κ1) is 11.8. The summed E-state index contributed by atoms with van der Waals surface area (Å²) in [5.41, 5.74) is -1.03. The van der Waals surface area contributed by atoms with Crippen LogP contribution in [0.1, 0.15) is 17.3 Å². The van der Waals surface area contributed by atoms with E-state index in [9.17, 15) is 13.2 Å². The van der Waals surface area contributed by atoms with Gasteiger partial charge in [-0.05, 0) is 12.1 Å². The fourth-order valence-electron chi connectivity index (χ4n) is 1.07. The molecule has 0 aromatic heterocycles. The van der Waals surface area contributed by atoms with Gasteiger partial charge in [-0.25, -0.2) is 4.39 Å². The summed E-state index contributed by atoms with van der Waals surface area (Å²) < 4.78 is 37.7. The summed E-state index contributed by atoms with van der Waals surface area (Å²) in [7, 11) is 0. The van der Waals surface area contributed by atoms with Crippen LogP contribution in [-0.2, 0) is 0 Å². The maximum Gasteiger partial charge on any atom is 0.388 e. The highest BCUT2D eigenvalue weighted by Crippen LogP contribution is 2.37. The second kappa shape index (κ2) is 4.09. The predicted octanol–water partition coefficient (Wildman–Crippen LogP) is 2.81. The van der Waals surface area contributed by atoms with E-state index < -0.39 is 17.8 Å². The van der Waals surface area contributed by atoms with Gasteiger partial charge >= 0.3 is 6.11 Å². The number of nitrogens with zero attached hydrogens (tertiary/aromatic N) is 1. The largest absolute Gasteiger partial charge is 0.388 e. The molecule has 0 amide bonds. The number of alkyl halides is 3. The number of rotatable bonds is 2. The number of benzene rings is 1. The summed E-state index contributed by atoms with van der Waals surface area (Å²) in [6, 6.07) is 5.15. The Balaban J connectivity index is 3.31. The Morgan fingerprint density at radius 2 is 2.07 bits per heavy atom. The van der Waals surface area contributed by atoms with Crippen LogP contribution < -0.4 is 0 Å². The quantitative estimate of drug-likeness (QED) is 0.857. The molecule has 1 atom stereocenters. The summed E-state index contributed by atoms with van der Waals surface area (Å²) in [5, 5.41) is 16.4. The van der Waals surface area contributed by atoms with E-state index in [1.165, 1.54) is 12.1 Å². The first-order chi connectivity index (χ1) is 6.88. The van der Waals surface area contributed by atoms with Crippen LogP contribution in [0.2, 0.25) is 5.02 Å². The van der Waals surface area contributed by atoms with Crippen LogP contribution >= 0.6 is 11.6 Å². The Labute approximate surface area is 88.5 Å². The van der Waals surface area contributed by atoms with Crippen molar-refractivity contribution >= 4 is 11.6 Å². The molecule has 0 spiro atoms. The van der Waals surface area contributed by atoms with Crippen LogP contribution in [0.15, 0.2) is 18.2 Å². The van der Waals surface area contributed by atoms with Crippen molar-refractivity contribution in [3.63, 3.8) is 0 Å². The lowest BCUT2D eigenvalue weighted by molar-refractivity contribution is -0.242. The lowest BCUT2D eigenvalue weighted by atomic mass is 10.0. The zero-order chi connectivity index (χ0) is 11.6. The van der Waals surface area contributed by atoms with Gasteiger partial charge in [0.1, 0.15) is 0 Å². The van der Waals surface area contributed by atoms with Gasteiger partial charge in [0.05, 0.1) is 11.6 Å². The Bertz CT molecular complexity index is 411. The number of hydrogen-bond donors (Lipinski definition) is 1. The third-order valence-electron chi connectivity index (χ3n) is 1.73. The van der Waals surface area contributed by atoms with Crippen molar-refractivity contribution in [2.75, 3.05) is 0 Å². The summed E-state index contributed by atoms with van der Waals surface area (Å²) in [5.74, 6) is 0. The van der Waals surface area contributed by atoms with E-state index in [1.807, 2.05) is 0 Å². The summed E-state index contributed by atoms with van der Waals surface area (Å²) in [6.07, 6.45) is -7.57. The molecular weight excluding hydrogens is 231 g/mol. The van der Waals surface area contributed by atoms with Crippen LogP contribution in [0.4, 0.5) is 13.2 Å². The number of nitriles is 1. The maximum atomic E-state index is 13.1. The van der Waals surface area contributed by atoms with Crippen molar-refractivity contribution in [1.82, 2.24) is 0 Å². The third-order valence-corrected chi connectivity index (χ3v) is 2.06. The highest BCUT2D eigenvalue weighted by atomic mass is 35.5. The molecule has 1 rings (SSSR count). The lowest BCUT2D eigenvalue weighted by Crippen LogP contribution is -2.23. The molecule has 0 fully saturated rings. The number of aliphatic hydroxyl groups is 1. The summed E-state index contributed by atoms with van der Waals surface area (Å²) in [4.78, 5) is 0. The van der Waals surface area contributed by atoms with Gasteiger partial charge in [0.25, 0.3) is 0 Å². The zero-order valence-corrected chi connectivity index (χ0v) is 7.97. The highest BCUT2D eigenvalue weighted by Gasteiger charge is 2.41. The number of halogens is 4. The molecule has 1 aromatic carbocycles. The predicted molar refractivity (Wildman–Crippen MR) is 47.2 cm³/mol. The van der Waals surface area contributed by atoms with E-state index in [2.05, 4.69) is 0 Å². The minimum atomic E-state index is -4.56. The molecule has 6 heteroatoms. The standard InChI is InChI=1S/C9H5ClF3NO/c10-6-3-1-2-5(4-14)7(6)8(11)9(12,13)15/h1-3,8,15H. The molecule has 1 N–H and O–H groups in total. The molecular formula is C9H5ClF3NO.